The van der Waals surface area contributed by atoms with E-state index in [2.05, 4.69) is 14.7 Å². The zero-order valence-electron chi connectivity index (χ0n) is 17.7. The highest BCUT2D eigenvalue weighted by Crippen LogP contribution is 2.24. The molecule has 0 radical (unpaired) electrons. The number of sulfonamides is 1. The summed E-state index contributed by atoms with van der Waals surface area (Å²) in [6, 6.07) is 14.2. The van der Waals surface area contributed by atoms with E-state index in [0.717, 1.165) is 29.7 Å². The Morgan fingerprint density at radius 1 is 1.06 bits per heavy atom. The highest BCUT2D eigenvalue weighted by molar-refractivity contribution is 7.92. The summed E-state index contributed by atoms with van der Waals surface area (Å²) in [5.74, 6) is 0.888. The summed E-state index contributed by atoms with van der Waals surface area (Å²) in [5.41, 5.74) is 1.84. The van der Waals surface area contributed by atoms with E-state index in [-0.39, 0.29) is 29.3 Å². The van der Waals surface area contributed by atoms with E-state index in [9.17, 15) is 8.42 Å². The highest BCUT2D eigenvalue weighted by atomic mass is 32.2. The van der Waals surface area contributed by atoms with Gasteiger partial charge in [-0.15, -0.1) is 0 Å². The number of ether oxygens (including phenoxy) is 3. The standard InChI is InChI=1S/C23H25N3O5S/c1-17-5-7-21(8-6-17)32(27,28)26-22-23(25-12-11-24-22)30-16-18-3-2-4-20(15-18)31-19-9-13-29-14-10-19/h2-8,11-12,15,19H,9-10,13-14,16H2,1H3,(H,24,26). The van der Waals surface area contributed by atoms with Gasteiger partial charge in [-0.25, -0.2) is 18.4 Å². The van der Waals surface area contributed by atoms with Crippen LogP contribution in [-0.2, 0) is 21.4 Å². The fraction of sp³-hybridized carbons (Fsp3) is 0.304. The molecule has 1 saturated heterocycles. The molecule has 0 amide bonds. The number of hydrogen-bond donors (Lipinski definition) is 1. The minimum Gasteiger partial charge on any atom is -0.490 e. The number of nitrogens with one attached hydrogen (secondary N) is 1. The molecule has 4 rings (SSSR count). The summed E-state index contributed by atoms with van der Waals surface area (Å²) < 4.78 is 45.1. The van der Waals surface area contributed by atoms with Gasteiger partial charge in [0.25, 0.3) is 15.9 Å². The van der Waals surface area contributed by atoms with E-state index in [1.165, 1.54) is 12.4 Å². The first kappa shape index (κ1) is 22.0. The van der Waals surface area contributed by atoms with Crippen molar-refractivity contribution in [3.8, 4) is 11.6 Å². The average molecular weight is 456 g/mol. The predicted octanol–water partition coefficient (Wildman–Crippen LogP) is 3.72. The lowest BCUT2D eigenvalue weighted by atomic mass is 10.1. The monoisotopic (exact) mass is 455 g/mol. The predicted molar refractivity (Wildman–Crippen MR) is 119 cm³/mol. The Balaban J connectivity index is 1.43. The topological polar surface area (TPSA) is 99.6 Å². The number of anilines is 1. The summed E-state index contributed by atoms with van der Waals surface area (Å²) >= 11 is 0. The first-order chi connectivity index (χ1) is 15.5. The second-order valence-corrected chi connectivity index (χ2v) is 9.18. The van der Waals surface area contributed by atoms with Gasteiger partial charge < -0.3 is 14.2 Å². The van der Waals surface area contributed by atoms with Gasteiger partial charge in [-0.05, 0) is 36.8 Å². The van der Waals surface area contributed by atoms with Crippen molar-refractivity contribution in [3.05, 3.63) is 72.1 Å². The molecule has 1 aliphatic rings. The number of nitrogens with zero attached hydrogens (tertiary/aromatic N) is 2. The SMILES string of the molecule is Cc1ccc(S(=O)(=O)Nc2nccnc2OCc2cccc(OC3CCOCC3)c2)cc1. The largest absolute Gasteiger partial charge is 0.490 e. The summed E-state index contributed by atoms with van der Waals surface area (Å²) in [7, 11) is -3.82. The third kappa shape index (κ3) is 5.74. The quantitative estimate of drug-likeness (QED) is 0.552. The molecule has 8 nitrogen and oxygen atoms in total. The lowest BCUT2D eigenvalue weighted by molar-refractivity contribution is 0.0255. The third-order valence-electron chi connectivity index (χ3n) is 4.97. The molecule has 168 valence electrons. The second kappa shape index (κ2) is 9.97. The molecule has 32 heavy (non-hydrogen) atoms. The van der Waals surface area contributed by atoms with Gasteiger partial charge in [-0.2, -0.15) is 0 Å². The van der Waals surface area contributed by atoms with Crippen molar-refractivity contribution in [1.29, 1.82) is 0 Å². The molecule has 0 atom stereocenters. The van der Waals surface area contributed by atoms with E-state index < -0.39 is 10.0 Å². The van der Waals surface area contributed by atoms with Crippen molar-refractivity contribution < 1.29 is 22.6 Å². The molecule has 0 saturated carbocycles. The van der Waals surface area contributed by atoms with Crippen LogP contribution in [0, 0.1) is 6.92 Å². The van der Waals surface area contributed by atoms with Crippen molar-refractivity contribution in [2.45, 2.75) is 37.4 Å². The van der Waals surface area contributed by atoms with Crippen LogP contribution >= 0.6 is 0 Å². The van der Waals surface area contributed by atoms with Gasteiger partial charge in [-0.3, -0.25) is 4.72 Å². The Bertz CT molecular complexity index is 1150. The van der Waals surface area contributed by atoms with E-state index in [0.29, 0.717) is 13.2 Å². The zero-order chi connectivity index (χ0) is 22.4. The number of aromatic nitrogens is 2. The van der Waals surface area contributed by atoms with E-state index in [4.69, 9.17) is 14.2 Å². The lowest BCUT2D eigenvalue weighted by Gasteiger charge is -2.23. The Hall–Kier alpha value is -3.17. The van der Waals surface area contributed by atoms with Crippen LogP contribution in [-0.4, -0.2) is 37.7 Å². The maximum absolute atomic E-state index is 12.7. The number of benzene rings is 2. The van der Waals surface area contributed by atoms with Crippen LogP contribution in [0.15, 0.2) is 65.8 Å². The Labute approximate surface area is 187 Å². The maximum Gasteiger partial charge on any atom is 0.263 e. The summed E-state index contributed by atoms with van der Waals surface area (Å²) in [4.78, 5) is 8.38. The van der Waals surface area contributed by atoms with Crippen LogP contribution in [0.3, 0.4) is 0 Å². The highest BCUT2D eigenvalue weighted by Gasteiger charge is 2.19. The summed E-state index contributed by atoms with van der Waals surface area (Å²) in [6.07, 6.45) is 4.73. The van der Waals surface area contributed by atoms with Crippen LogP contribution < -0.4 is 14.2 Å². The van der Waals surface area contributed by atoms with Gasteiger partial charge in [-0.1, -0.05) is 29.8 Å². The fourth-order valence-corrected chi connectivity index (χ4v) is 4.26. The molecule has 1 fully saturated rings. The zero-order valence-corrected chi connectivity index (χ0v) is 18.5. The minimum absolute atomic E-state index is 0.0303. The fourth-order valence-electron chi connectivity index (χ4n) is 3.25. The van der Waals surface area contributed by atoms with Crippen molar-refractivity contribution in [1.82, 2.24) is 9.97 Å². The lowest BCUT2D eigenvalue weighted by Crippen LogP contribution is -2.25. The molecule has 1 N–H and O–H groups in total. The van der Waals surface area contributed by atoms with Crippen LogP contribution in [0.25, 0.3) is 0 Å². The van der Waals surface area contributed by atoms with Gasteiger partial charge in [0.05, 0.1) is 18.1 Å². The molecule has 9 heteroatoms. The van der Waals surface area contributed by atoms with Gasteiger partial charge in [0.15, 0.2) is 0 Å². The van der Waals surface area contributed by atoms with Crippen molar-refractivity contribution in [2.75, 3.05) is 17.9 Å². The Kier molecular flexibility index (Phi) is 6.87. The molecule has 0 unspecified atom stereocenters. The molecule has 3 aromatic rings. The third-order valence-corrected chi connectivity index (χ3v) is 6.33. The molecular weight excluding hydrogens is 430 g/mol. The number of hydrogen-bond acceptors (Lipinski definition) is 7. The molecular formula is C23H25N3O5S. The number of aryl methyl sites for hydroxylation is 1. The van der Waals surface area contributed by atoms with Gasteiger partial charge in [0, 0.05) is 25.2 Å². The van der Waals surface area contributed by atoms with Gasteiger partial charge >= 0.3 is 0 Å². The molecule has 0 bridgehead atoms. The Morgan fingerprint density at radius 3 is 2.59 bits per heavy atom. The van der Waals surface area contributed by atoms with Crippen LogP contribution in [0.2, 0.25) is 0 Å². The average Bonchev–Trinajstić information content (AvgIpc) is 2.79. The molecule has 2 heterocycles. The molecule has 0 aliphatic carbocycles. The first-order valence-corrected chi connectivity index (χ1v) is 11.8. The van der Waals surface area contributed by atoms with Crippen LogP contribution in [0.4, 0.5) is 5.82 Å². The molecule has 1 aromatic heterocycles. The van der Waals surface area contributed by atoms with Crippen LogP contribution in [0.5, 0.6) is 11.6 Å². The Morgan fingerprint density at radius 2 is 1.81 bits per heavy atom. The van der Waals surface area contributed by atoms with E-state index >= 15 is 0 Å². The van der Waals surface area contributed by atoms with E-state index in [1.54, 1.807) is 24.3 Å². The van der Waals surface area contributed by atoms with Gasteiger partial charge in [0.1, 0.15) is 18.5 Å². The minimum atomic E-state index is -3.82. The summed E-state index contributed by atoms with van der Waals surface area (Å²) in [5, 5.41) is 0. The molecule has 1 aliphatic heterocycles. The smallest absolute Gasteiger partial charge is 0.263 e. The number of rotatable bonds is 8. The first-order valence-electron chi connectivity index (χ1n) is 10.4. The maximum atomic E-state index is 12.7. The molecule has 0 spiro atoms. The normalized spacial score (nSPS) is 14.7. The van der Waals surface area contributed by atoms with Gasteiger partial charge in [0.2, 0.25) is 5.82 Å². The second-order valence-electron chi connectivity index (χ2n) is 7.49. The van der Waals surface area contributed by atoms with Crippen LogP contribution in [0.1, 0.15) is 24.0 Å². The van der Waals surface area contributed by atoms with Crippen molar-refractivity contribution >= 4 is 15.8 Å². The van der Waals surface area contributed by atoms with E-state index in [1.807, 2.05) is 31.2 Å². The molecule has 2 aromatic carbocycles. The van der Waals surface area contributed by atoms with Crippen molar-refractivity contribution in [3.63, 3.8) is 0 Å². The van der Waals surface area contributed by atoms with Crippen molar-refractivity contribution in [2.24, 2.45) is 0 Å². The summed E-state index contributed by atoms with van der Waals surface area (Å²) in [6.45, 7) is 3.49.